The number of ketones is 1. The molecule has 2 atom stereocenters. The summed E-state index contributed by atoms with van der Waals surface area (Å²) in [5, 5.41) is 5.75. The van der Waals surface area contributed by atoms with Crippen LogP contribution in [0.5, 0.6) is 0 Å². The van der Waals surface area contributed by atoms with Gasteiger partial charge in [0.05, 0.1) is 19.3 Å². The number of rotatable bonds is 9. The van der Waals surface area contributed by atoms with E-state index in [9.17, 15) is 27.6 Å². The largest absolute Gasteiger partial charge is 0.471 e. The van der Waals surface area contributed by atoms with E-state index < -0.39 is 41.5 Å². The summed E-state index contributed by atoms with van der Waals surface area (Å²) in [4.78, 5) is 43.5. The molecule has 1 aliphatic carbocycles. The van der Waals surface area contributed by atoms with Crippen LogP contribution in [0.1, 0.15) is 74.8 Å². The van der Waals surface area contributed by atoms with E-state index in [-0.39, 0.29) is 18.7 Å². The van der Waals surface area contributed by atoms with Crippen LogP contribution >= 0.6 is 0 Å². The minimum atomic E-state index is -4.87. The van der Waals surface area contributed by atoms with Gasteiger partial charge in [0.2, 0.25) is 23.4 Å². The summed E-state index contributed by atoms with van der Waals surface area (Å²) in [6, 6.07) is -1.13. The van der Waals surface area contributed by atoms with Crippen LogP contribution in [0.4, 0.5) is 13.2 Å². The summed E-state index contributed by atoms with van der Waals surface area (Å²) in [7, 11) is 0. The van der Waals surface area contributed by atoms with Gasteiger partial charge in [-0.25, -0.2) is 0 Å². The highest BCUT2D eigenvalue weighted by molar-refractivity contribution is 5.99. The molecule has 2 amide bonds. The number of aromatic nitrogens is 2. The topological polar surface area (TPSA) is 115 Å². The molecule has 190 valence electrons. The molecule has 1 saturated carbocycles. The maximum absolute atomic E-state index is 13.2. The second-order valence-corrected chi connectivity index (χ2v) is 8.89. The van der Waals surface area contributed by atoms with Crippen LogP contribution < -0.4 is 5.32 Å². The molecule has 0 radical (unpaired) electrons. The van der Waals surface area contributed by atoms with Crippen molar-refractivity contribution in [3.63, 3.8) is 0 Å². The molecule has 1 N–H and O–H groups in total. The van der Waals surface area contributed by atoms with Gasteiger partial charge in [0.25, 0.3) is 0 Å². The maximum Gasteiger partial charge on any atom is 0.471 e. The molecule has 1 saturated heterocycles. The second kappa shape index (κ2) is 11.8. The Bertz CT molecular complexity index is 848. The number of nitrogens with one attached hydrogen (secondary N) is 1. The molecule has 0 unspecified atom stereocenters. The predicted octanol–water partition coefficient (Wildman–Crippen LogP) is 3.00. The number of hydrogen-bond acceptors (Lipinski definition) is 7. The number of halogens is 3. The number of alkyl halides is 3. The number of hydrogen-bond donors (Lipinski definition) is 1. The number of morpholine rings is 1. The number of carbonyl (C=O) groups is 3. The van der Waals surface area contributed by atoms with Crippen molar-refractivity contribution in [2.24, 2.45) is 11.8 Å². The molecule has 34 heavy (non-hydrogen) atoms. The van der Waals surface area contributed by atoms with Gasteiger partial charge >= 0.3 is 12.1 Å². The zero-order valence-corrected chi connectivity index (χ0v) is 19.2. The highest BCUT2D eigenvalue weighted by Crippen LogP contribution is 2.31. The van der Waals surface area contributed by atoms with Gasteiger partial charge in [-0.1, -0.05) is 44.2 Å². The van der Waals surface area contributed by atoms with Crippen LogP contribution in [-0.2, 0) is 20.5 Å². The number of ether oxygens (including phenoxy) is 1. The molecule has 0 aromatic carbocycles. The van der Waals surface area contributed by atoms with E-state index in [1.165, 1.54) is 0 Å². The van der Waals surface area contributed by atoms with Crippen molar-refractivity contribution in [3.8, 4) is 0 Å². The summed E-state index contributed by atoms with van der Waals surface area (Å²) in [6.07, 6.45) is 1.04. The van der Waals surface area contributed by atoms with Crippen LogP contribution in [0.3, 0.4) is 0 Å². The molecule has 3 rings (SSSR count). The first-order valence-electron chi connectivity index (χ1n) is 11.8. The van der Waals surface area contributed by atoms with E-state index in [1.54, 1.807) is 11.8 Å². The number of nitrogens with zero attached hydrogens (tertiary/aromatic N) is 3. The molecular formula is C22H31F3N4O5. The van der Waals surface area contributed by atoms with Gasteiger partial charge < -0.3 is 19.5 Å². The smallest absolute Gasteiger partial charge is 0.378 e. The van der Waals surface area contributed by atoms with Crippen molar-refractivity contribution in [1.29, 1.82) is 0 Å². The average molecular weight is 489 g/mol. The summed E-state index contributed by atoms with van der Waals surface area (Å²) in [5.41, 5.74) is 0. The number of carbonyl (C=O) groups excluding carboxylic acids is 3. The molecule has 1 aromatic heterocycles. The van der Waals surface area contributed by atoms with Gasteiger partial charge in [0, 0.05) is 25.4 Å². The fourth-order valence-electron chi connectivity index (χ4n) is 4.50. The SMILES string of the molecule is CC[C@@H](NC(=O)[C@H](CC(=O)N1CCOCC1)CC1CCCCC1)C(=O)c1noc(C(F)(F)F)n1. The first-order chi connectivity index (χ1) is 16.2. The van der Waals surface area contributed by atoms with Crippen LogP contribution in [0.25, 0.3) is 0 Å². The van der Waals surface area contributed by atoms with Crippen molar-refractivity contribution >= 4 is 17.6 Å². The Balaban J connectivity index is 1.69. The van der Waals surface area contributed by atoms with Gasteiger partial charge in [-0.2, -0.15) is 18.2 Å². The number of amides is 2. The van der Waals surface area contributed by atoms with Crippen LogP contribution in [-0.4, -0.2) is 65.0 Å². The molecule has 2 fully saturated rings. The predicted molar refractivity (Wildman–Crippen MR) is 113 cm³/mol. The molecule has 0 spiro atoms. The minimum Gasteiger partial charge on any atom is -0.378 e. The normalized spacial score (nSPS) is 19.5. The third-order valence-electron chi connectivity index (χ3n) is 6.43. The Morgan fingerprint density at radius 3 is 2.41 bits per heavy atom. The average Bonchev–Trinajstić information content (AvgIpc) is 3.34. The third kappa shape index (κ3) is 7.00. The molecule has 12 heteroatoms. The third-order valence-corrected chi connectivity index (χ3v) is 6.43. The Morgan fingerprint density at radius 1 is 1.15 bits per heavy atom. The lowest BCUT2D eigenvalue weighted by atomic mass is 9.81. The van der Waals surface area contributed by atoms with Crippen molar-refractivity contribution in [2.75, 3.05) is 26.3 Å². The molecule has 1 aliphatic heterocycles. The molecule has 2 heterocycles. The zero-order valence-electron chi connectivity index (χ0n) is 19.2. The number of Topliss-reactive ketones (excluding diaryl/α,β-unsaturated/α-hetero) is 1. The minimum absolute atomic E-state index is 0.00733. The van der Waals surface area contributed by atoms with Gasteiger partial charge in [-0.05, 0) is 18.8 Å². The van der Waals surface area contributed by atoms with E-state index in [2.05, 4.69) is 20.0 Å². The summed E-state index contributed by atoms with van der Waals surface area (Å²) in [6.45, 7) is 3.44. The van der Waals surface area contributed by atoms with Gasteiger partial charge in [0.1, 0.15) is 0 Å². The molecule has 2 aliphatic rings. The van der Waals surface area contributed by atoms with E-state index in [0.717, 1.165) is 32.1 Å². The van der Waals surface area contributed by atoms with Crippen LogP contribution in [0.2, 0.25) is 0 Å². The van der Waals surface area contributed by atoms with Gasteiger partial charge in [-0.3, -0.25) is 14.4 Å². The van der Waals surface area contributed by atoms with Crippen LogP contribution in [0.15, 0.2) is 4.52 Å². The molecular weight excluding hydrogens is 457 g/mol. The molecule has 0 bridgehead atoms. The lowest BCUT2D eigenvalue weighted by Gasteiger charge is -2.30. The summed E-state index contributed by atoms with van der Waals surface area (Å²) in [5.74, 6) is -4.18. The van der Waals surface area contributed by atoms with Crippen molar-refractivity contribution < 1.29 is 36.8 Å². The van der Waals surface area contributed by atoms with Crippen LogP contribution in [0, 0.1) is 11.8 Å². The fourth-order valence-corrected chi connectivity index (χ4v) is 4.50. The van der Waals surface area contributed by atoms with Crippen molar-refractivity contribution in [2.45, 2.75) is 70.5 Å². The van der Waals surface area contributed by atoms with Crippen molar-refractivity contribution in [3.05, 3.63) is 11.7 Å². The zero-order chi connectivity index (χ0) is 24.7. The van der Waals surface area contributed by atoms with E-state index in [0.29, 0.717) is 38.6 Å². The lowest BCUT2D eigenvalue weighted by molar-refractivity contribution is -0.159. The Hall–Kier alpha value is -2.50. The maximum atomic E-state index is 13.2. The highest BCUT2D eigenvalue weighted by Gasteiger charge is 2.40. The van der Waals surface area contributed by atoms with Gasteiger partial charge in [-0.15, -0.1) is 0 Å². The van der Waals surface area contributed by atoms with Gasteiger partial charge in [0.15, 0.2) is 0 Å². The first-order valence-corrected chi connectivity index (χ1v) is 11.8. The standard InChI is InChI=1S/C22H31F3N4O5/c1-2-16(18(31)19-27-21(34-28-19)22(23,24)25)26-20(32)15(12-14-6-4-3-5-7-14)13-17(30)29-8-10-33-11-9-29/h14-16H,2-13H2,1H3,(H,26,32)/t15-,16+/m0/s1. The van der Waals surface area contributed by atoms with Crippen molar-refractivity contribution in [1.82, 2.24) is 20.4 Å². The molecule has 9 nitrogen and oxygen atoms in total. The quantitative estimate of drug-likeness (QED) is 0.532. The monoisotopic (exact) mass is 488 g/mol. The second-order valence-electron chi connectivity index (χ2n) is 8.89. The summed E-state index contributed by atoms with van der Waals surface area (Å²) >= 11 is 0. The summed E-state index contributed by atoms with van der Waals surface area (Å²) < 4.78 is 47.6. The van der Waals surface area contributed by atoms with E-state index in [4.69, 9.17) is 4.74 Å². The Labute approximate surface area is 195 Å². The molecule has 1 aromatic rings. The highest BCUT2D eigenvalue weighted by atomic mass is 19.4. The lowest BCUT2D eigenvalue weighted by Crippen LogP contribution is -2.46. The van der Waals surface area contributed by atoms with E-state index in [1.807, 2.05) is 0 Å². The Kier molecular flexibility index (Phi) is 9.03. The van der Waals surface area contributed by atoms with E-state index >= 15 is 0 Å². The first kappa shape index (κ1) is 26.1. The fraction of sp³-hybridized carbons (Fsp3) is 0.773. The Morgan fingerprint density at radius 2 is 1.82 bits per heavy atom.